The zero-order valence-electron chi connectivity index (χ0n) is 11.4. The minimum atomic E-state index is -0.176. The van der Waals surface area contributed by atoms with Gasteiger partial charge in [0.25, 0.3) is 5.91 Å². The smallest absolute Gasteiger partial charge is 0.319 e. The Morgan fingerprint density at radius 3 is 2.80 bits per heavy atom. The van der Waals surface area contributed by atoms with Gasteiger partial charge in [0.05, 0.1) is 0 Å². The summed E-state index contributed by atoms with van der Waals surface area (Å²) in [5.74, 6) is -0.0728. The summed E-state index contributed by atoms with van der Waals surface area (Å²) >= 11 is 0. The zero-order chi connectivity index (χ0) is 13.9. The third-order valence-electron chi connectivity index (χ3n) is 4.03. The van der Waals surface area contributed by atoms with Gasteiger partial charge in [0, 0.05) is 29.4 Å². The van der Waals surface area contributed by atoms with Crippen molar-refractivity contribution in [2.24, 2.45) is 0 Å². The number of fused-ring (bicyclic) bond motifs is 1. The van der Waals surface area contributed by atoms with Crippen LogP contribution < -0.4 is 16.0 Å². The van der Waals surface area contributed by atoms with E-state index in [1.165, 1.54) is 19.3 Å². The molecule has 2 aliphatic rings. The molecular weight excluding hydrogens is 254 g/mol. The lowest BCUT2D eigenvalue weighted by atomic mass is 9.96. The first-order valence-corrected chi connectivity index (χ1v) is 7.21. The Morgan fingerprint density at radius 1 is 1.20 bits per heavy atom. The van der Waals surface area contributed by atoms with E-state index in [2.05, 4.69) is 16.0 Å². The van der Waals surface area contributed by atoms with Gasteiger partial charge < -0.3 is 16.0 Å². The molecule has 5 heteroatoms. The van der Waals surface area contributed by atoms with Gasteiger partial charge in [-0.05, 0) is 25.0 Å². The van der Waals surface area contributed by atoms with Crippen molar-refractivity contribution in [2.75, 3.05) is 5.32 Å². The normalized spacial score (nSPS) is 18.3. The topological polar surface area (TPSA) is 70.2 Å². The second kappa shape index (κ2) is 5.53. The van der Waals surface area contributed by atoms with Crippen molar-refractivity contribution in [2.45, 2.75) is 44.7 Å². The van der Waals surface area contributed by atoms with E-state index in [4.69, 9.17) is 0 Å². The van der Waals surface area contributed by atoms with Crippen LogP contribution in [0.3, 0.4) is 0 Å². The summed E-state index contributed by atoms with van der Waals surface area (Å²) in [5, 5.41) is 8.65. The summed E-state index contributed by atoms with van der Waals surface area (Å²) in [5.41, 5.74) is 2.24. The van der Waals surface area contributed by atoms with Crippen LogP contribution in [0.5, 0.6) is 0 Å². The number of rotatable bonds is 2. The molecule has 0 atom stereocenters. The number of hydrogen-bond acceptors (Lipinski definition) is 2. The fourth-order valence-corrected chi connectivity index (χ4v) is 2.96. The maximum atomic E-state index is 12.0. The summed E-state index contributed by atoms with van der Waals surface area (Å²) in [7, 11) is 0. The van der Waals surface area contributed by atoms with Gasteiger partial charge in [-0.1, -0.05) is 25.3 Å². The largest absolute Gasteiger partial charge is 0.348 e. The number of benzene rings is 1. The number of nitrogens with one attached hydrogen (secondary N) is 3. The fourth-order valence-electron chi connectivity index (χ4n) is 2.96. The lowest BCUT2D eigenvalue weighted by molar-refractivity contribution is 0.0965. The quantitative estimate of drug-likeness (QED) is 0.774. The van der Waals surface area contributed by atoms with Gasteiger partial charge in [-0.15, -0.1) is 0 Å². The molecule has 106 valence electrons. The van der Waals surface area contributed by atoms with Crippen LogP contribution in [-0.4, -0.2) is 18.0 Å². The van der Waals surface area contributed by atoms with Crippen molar-refractivity contribution in [3.05, 3.63) is 29.3 Å². The molecule has 1 heterocycles. The Hall–Kier alpha value is -2.04. The van der Waals surface area contributed by atoms with E-state index >= 15 is 0 Å². The van der Waals surface area contributed by atoms with E-state index in [1.54, 1.807) is 12.1 Å². The molecule has 0 spiro atoms. The second-order valence-corrected chi connectivity index (χ2v) is 5.45. The molecule has 1 fully saturated rings. The van der Waals surface area contributed by atoms with Gasteiger partial charge in [-0.3, -0.25) is 4.79 Å². The first kappa shape index (κ1) is 13.0. The van der Waals surface area contributed by atoms with Crippen molar-refractivity contribution >= 4 is 17.6 Å². The van der Waals surface area contributed by atoms with Crippen LogP contribution in [0.4, 0.5) is 10.5 Å². The van der Waals surface area contributed by atoms with Crippen molar-refractivity contribution in [3.8, 4) is 0 Å². The molecule has 1 aromatic rings. The van der Waals surface area contributed by atoms with Gasteiger partial charge in [-0.25, -0.2) is 4.79 Å². The average molecular weight is 273 g/mol. The molecule has 5 nitrogen and oxygen atoms in total. The maximum Gasteiger partial charge on any atom is 0.319 e. The van der Waals surface area contributed by atoms with Gasteiger partial charge >= 0.3 is 6.03 Å². The van der Waals surface area contributed by atoms with Crippen molar-refractivity contribution in [1.82, 2.24) is 10.6 Å². The standard InChI is InChI=1S/C15H19N3O2/c19-14-11-7-4-8-13(12(11)9-16-14)18-15(20)17-10-5-2-1-3-6-10/h4,7-8,10H,1-3,5-6,9H2,(H,16,19)(H2,17,18,20). The third kappa shape index (κ3) is 2.61. The van der Waals surface area contributed by atoms with Crippen LogP contribution in [0, 0.1) is 0 Å². The molecule has 3 amide bonds. The Labute approximate surface area is 118 Å². The van der Waals surface area contributed by atoms with Crippen LogP contribution >= 0.6 is 0 Å². The van der Waals surface area contributed by atoms with Gasteiger partial charge in [-0.2, -0.15) is 0 Å². The van der Waals surface area contributed by atoms with Gasteiger partial charge in [0.1, 0.15) is 0 Å². The van der Waals surface area contributed by atoms with E-state index in [-0.39, 0.29) is 18.0 Å². The SMILES string of the molecule is O=C(Nc1cccc2c1CNC2=O)NC1CCCCC1. The molecule has 3 N–H and O–H groups in total. The highest BCUT2D eigenvalue weighted by molar-refractivity contribution is 6.01. The van der Waals surface area contributed by atoms with Crippen LogP contribution in [0.25, 0.3) is 0 Å². The molecule has 3 rings (SSSR count). The molecule has 1 aliphatic carbocycles. The summed E-state index contributed by atoms with van der Waals surface area (Å²) < 4.78 is 0. The monoisotopic (exact) mass is 273 g/mol. The van der Waals surface area contributed by atoms with Crippen LogP contribution in [0.1, 0.15) is 48.0 Å². The third-order valence-corrected chi connectivity index (χ3v) is 4.03. The molecule has 0 unspecified atom stereocenters. The number of urea groups is 1. The van der Waals surface area contributed by atoms with E-state index in [1.807, 2.05) is 6.07 Å². The predicted octanol–water partition coefficient (Wildman–Crippen LogP) is 2.38. The van der Waals surface area contributed by atoms with Gasteiger partial charge in [0.2, 0.25) is 0 Å². The minimum Gasteiger partial charge on any atom is -0.348 e. The van der Waals surface area contributed by atoms with E-state index in [0.29, 0.717) is 17.8 Å². The lowest BCUT2D eigenvalue weighted by Crippen LogP contribution is -2.39. The number of amides is 3. The zero-order valence-corrected chi connectivity index (χ0v) is 11.4. The summed E-state index contributed by atoms with van der Waals surface area (Å²) in [6.07, 6.45) is 5.74. The Bertz CT molecular complexity index is 536. The highest BCUT2D eigenvalue weighted by atomic mass is 16.2. The molecular formula is C15H19N3O2. The first-order chi connectivity index (χ1) is 9.74. The first-order valence-electron chi connectivity index (χ1n) is 7.21. The van der Waals surface area contributed by atoms with Gasteiger partial charge in [0.15, 0.2) is 0 Å². The Morgan fingerprint density at radius 2 is 2.00 bits per heavy atom. The Kier molecular flexibility index (Phi) is 3.58. The van der Waals surface area contributed by atoms with Crippen molar-refractivity contribution in [3.63, 3.8) is 0 Å². The van der Waals surface area contributed by atoms with Crippen LogP contribution in [0.15, 0.2) is 18.2 Å². The predicted molar refractivity (Wildman–Crippen MR) is 76.6 cm³/mol. The van der Waals surface area contributed by atoms with Crippen LogP contribution in [0.2, 0.25) is 0 Å². The Balaban J connectivity index is 1.66. The minimum absolute atomic E-state index is 0.0728. The van der Waals surface area contributed by atoms with E-state index < -0.39 is 0 Å². The molecule has 20 heavy (non-hydrogen) atoms. The molecule has 1 aromatic carbocycles. The highest BCUT2D eigenvalue weighted by Gasteiger charge is 2.22. The fraction of sp³-hybridized carbons (Fsp3) is 0.467. The van der Waals surface area contributed by atoms with Crippen molar-refractivity contribution < 1.29 is 9.59 Å². The molecule has 1 saturated carbocycles. The second-order valence-electron chi connectivity index (χ2n) is 5.45. The molecule has 0 saturated heterocycles. The molecule has 0 radical (unpaired) electrons. The van der Waals surface area contributed by atoms with E-state index in [0.717, 1.165) is 18.4 Å². The molecule has 0 bridgehead atoms. The number of anilines is 1. The number of hydrogen-bond donors (Lipinski definition) is 3. The summed E-state index contributed by atoms with van der Waals surface area (Å²) in [4.78, 5) is 23.6. The highest BCUT2D eigenvalue weighted by Crippen LogP contribution is 2.24. The number of carbonyl (C=O) groups excluding carboxylic acids is 2. The molecule has 0 aromatic heterocycles. The van der Waals surface area contributed by atoms with Crippen LogP contribution in [-0.2, 0) is 6.54 Å². The lowest BCUT2D eigenvalue weighted by Gasteiger charge is -2.23. The average Bonchev–Trinajstić information content (AvgIpc) is 2.83. The van der Waals surface area contributed by atoms with Crippen molar-refractivity contribution in [1.29, 1.82) is 0 Å². The summed E-state index contributed by atoms with van der Waals surface area (Å²) in [6.45, 7) is 0.480. The van der Waals surface area contributed by atoms with E-state index in [9.17, 15) is 9.59 Å². The number of carbonyl (C=O) groups is 2. The maximum absolute atomic E-state index is 12.0. The summed E-state index contributed by atoms with van der Waals surface area (Å²) in [6, 6.07) is 5.51. The molecule has 1 aliphatic heterocycles.